The Kier molecular flexibility index (Phi) is 7.77. The molecule has 2 amide bonds. The number of hydrogen-bond donors (Lipinski definition) is 2. The lowest BCUT2D eigenvalue weighted by molar-refractivity contribution is -0.139. The molecule has 2 aromatic carbocycles. The molecule has 0 saturated carbocycles. The van der Waals surface area contributed by atoms with Gasteiger partial charge in [-0.2, -0.15) is 0 Å². The predicted molar refractivity (Wildman–Crippen MR) is 109 cm³/mol. The second-order valence-corrected chi connectivity index (χ2v) is 6.50. The second-order valence-electron chi connectivity index (χ2n) is 6.50. The van der Waals surface area contributed by atoms with Gasteiger partial charge in [-0.3, -0.25) is 9.59 Å². The van der Waals surface area contributed by atoms with Gasteiger partial charge in [-0.05, 0) is 62.7 Å². The fourth-order valence-electron chi connectivity index (χ4n) is 2.82. The summed E-state index contributed by atoms with van der Waals surface area (Å²) >= 11 is 0. The van der Waals surface area contributed by atoms with Crippen LogP contribution in [0.25, 0.3) is 0 Å². The smallest absolute Gasteiger partial charge is 0.341 e. The maximum atomic E-state index is 12.5. The van der Waals surface area contributed by atoms with E-state index in [2.05, 4.69) is 5.32 Å². The zero-order valence-electron chi connectivity index (χ0n) is 16.8. The average molecular weight is 398 g/mol. The quantitative estimate of drug-likeness (QED) is 0.677. The molecule has 0 aliphatic rings. The normalized spacial score (nSPS) is 11.4. The van der Waals surface area contributed by atoms with Crippen LogP contribution >= 0.6 is 0 Å². The lowest BCUT2D eigenvalue weighted by Crippen LogP contribution is -2.30. The number of carbonyl (C=O) groups excluding carboxylic acids is 2. The van der Waals surface area contributed by atoms with Gasteiger partial charge in [0.15, 0.2) is 6.61 Å². The van der Waals surface area contributed by atoms with Crippen molar-refractivity contribution in [3.05, 3.63) is 65.2 Å². The number of carboxylic acids is 1. The minimum Gasteiger partial charge on any atom is -0.482 e. The molecule has 154 valence electrons. The molecule has 0 aliphatic carbocycles. The van der Waals surface area contributed by atoms with Crippen LogP contribution in [0.1, 0.15) is 53.1 Å². The van der Waals surface area contributed by atoms with Gasteiger partial charge >= 0.3 is 5.97 Å². The van der Waals surface area contributed by atoms with Crippen molar-refractivity contribution in [1.29, 1.82) is 0 Å². The average Bonchev–Trinajstić information content (AvgIpc) is 2.73. The van der Waals surface area contributed by atoms with Gasteiger partial charge in [-0.1, -0.05) is 12.1 Å². The van der Waals surface area contributed by atoms with Gasteiger partial charge in [0.05, 0.1) is 6.04 Å². The van der Waals surface area contributed by atoms with E-state index >= 15 is 0 Å². The Bertz CT molecular complexity index is 843. The molecule has 0 spiro atoms. The predicted octanol–water partition coefficient (Wildman–Crippen LogP) is 3.12. The van der Waals surface area contributed by atoms with Crippen molar-refractivity contribution in [2.75, 3.05) is 19.7 Å². The van der Waals surface area contributed by atoms with E-state index in [0.717, 1.165) is 5.56 Å². The first-order valence-corrected chi connectivity index (χ1v) is 9.50. The van der Waals surface area contributed by atoms with Gasteiger partial charge in [0.1, 0.15) is 5.75 Å². The number of aliphatic carboxylic acids is 1. The molecular weight excluding hydrogens is 372 g/mol. The Morgan fingerprint density at radius 1 is 0.966 bits per heavy atom. The first-order chi connectivity index (χ1) is 13.8. The highest BCUT2D eigenvalue weighted by atomic mass is 16.5. The zero-order chi connectivity index (χ0) is 21.4. The van der Waals surface area contributed by atoms with Crippen LogP contribution in [-0.4, -0.2) is 47.5 Å². The van der Waals surface area contributed by atoms with Crippen molar-refractivity contribution in [3.8, 4) is 5.75 Å². The minimum atomic E-state index is -1.04. The molecule has 0 aromatic heterocycles. The third-order valence-corrected chi connectivity index (χ3v) is 4.53. The molecule has 1 unspecified atom stereocenters. The molecule has 2 N–H and O–H groups in total. The largest absolute Gasteiger partial charge is 0.482 e. The second kappa shape index (κ2) is 10.3. The number of carbonyl (C=O) groups is 3. The van der Waals surface area contributed by atoms with E-state index in [0.29, 0.717) is 30.0 Å². The Morgan fingerprint density at radius 2 is 1.52 bits per heavy atom. The van der Waals surface area contributed by atoms with E-state index in [4.69, 9.17) is 9.84 Å². The minimum absolute atomic E-state index is 0.0551. The van der Waals surface area contributed by atoms with Crippen LogP contribution in [0, 0.1) is 0 Å². The zero-order valence-corrected chi connectivity index (χ0v) is 16.8. The summed E-state index contributed by atoms with van der Waals surface area (Å²) in [5, 5.41) is 11.5. The van der Waals surface area contributed by atoms with Crippen molar-refractivity contribution in [2.24, 2.45) is 0 Å². The summed E-state index contributed by atoms with van der Waals surface area (Å²) in [6, 6.07) is 13.2. The first-order valence-electron chi connectivity index (χ1n) is 9.50. The number of rotatable bonds is 9. The number of nitrogens with one attached hydrogen (secondary N) is 1. The topological polar surface area (TPSA) is 95.9 Å². The van der Waals surface area contributed by atoms with Crippen molar-refractivity contribution in [1.82, 2.24) is 10.2 Å². The summed E-state index contributed by atoms with van der Waals surface area (Å²) in [6.07, 6.45) is 0. The van der Waals surface area contributed by atoms with Gasteiger partial charge in [-0.25, -0.2) is 4.79 Å². The van der Waals surface area contributed by atoms with E-state index < -0.39 is 12.6 Å². The van der Waals surface area contributed by atoms with E-state index in [-0.39, 0.29) is 17.9 Å². The van der Waals surface area contributed by atoms with Crippen molar-refractivity contribution < 1.29 is 24.2 Å². The van der Waals surface area contributed by atoms with E-state index in [1.165, 1.54) is 0 Å². The van der Waals surface area contributed by atoms with E-state index in [1.807, 2.05) is 20.8 Å². The van der Waals surface area contributed by atoms with Crippen LogP contribution < -0.4 is 10.1 Å². The van der Waals surface area contributed by atoms with Gasteiger partial charge < -0.3 is 20.1 Å². The van der Waals surface area contributed by atoms with Crippen LogP contribution in [-0.2, 0) is 4.79 Å². The van der Waals surface area contributed by atoms with Crippen molar-refractivity contribution >= 4 is 17.8 Å². The molecule has 29 heavy (non-hydrogen) atoms. The van der Waals surface area contributed by atoms with Crippen LogP contribution in [0.2, 0.25) is 0 Å². The number of hydrogen-bond acceptors (Lipinski definition) is 4. The lowest BCUT2D eigenvalue weighted by Gasteiger charge is -2.19. The molecule has 2 aromatic rings. The molecule has 0 heterocycles. The molecule has 0 bridgehead atoms. The summed E-state index contributed by atoms with van der Waals surface area (Å²) < 4.78 is 5.10. The van der Waals surface area contributed by atoms with Crippen LogP contribution in [0.15, 0.2) is 48.5 Å². The molecule has 0 aliphatic heterocycles. The third-order valence-electron chi connectivity index (χ3n) is 4.53. The third kappa shape index (κ3) is 6.07. The van der Waals surface area contributed by atoms with Crippen LogP contribution in [0.5, 0.6) is 5.75 Å². The van der Waals surface area contributed by atoms with Crippen molar-refractivity contribution in [2.45, 2.75) is 26.8 Å². The molecule has 0 radical (unpaired) electrons. The number of ether oxygens (including phenoxy) is 1. The molecule has 0 saturated heterocycles. The molecule has 0 fully saturated rings. The standard InChI is InChI=1S/C22H26N2O5/c1-4-24(5-2)22(28)18-8-6-17(7-9-18)21(27)23-15(3)16-10-12-19(13-11-16)29-14-20(25)26/h6-13,15H,4-5,14H2,1-3H3,(H,23,27)(H,25,26). The summed E-state index contributed by atoms with van der Waals surface area (Å²) in [5.74, 6) is -0.895. The van der Waals surface area contributed by atoms with Gasteiger partial charge in [0.25, 0.3) is 11.8 Å². The first kappa shape index (κ1) is 21.9. The van der Waals surface area contributed by atoms with Crippen molar-refractivity contribution in [3.63, 3.8) is 0 Å². The van der Waals surface area contributed by atoms with Crippen LogP contribution in [0.4, 0.5) is 0 Å². The highest BCUT2D eigenvalue weighted by molar-refractivity contribution is 5.98. The SMILES string of the molecule is CCN(CC)C(=O)c1ccc(C(=O)NC(C)c2ccc(OCC(=O)O)cc2)cc1. The Labute approximate surface area is 170 Å². The summed E-state index contributed by atoms with van der Waals surface area (Å²) in [7, 11) is 0. The molecular formula is C22H26N2O5. The Morgan fingerprint density at radius 3 is 2.03 bits per heavy atom. The molecule has 7 nitrogen and oxygen atoms in total. The highest BCUT2D eigenvalue weighted by Crippen LogP contribution is 2.18. The Hall–Kier alpha value is -3.35. The molecule has 2 rings (SSSR count). The summed E-state index contributed by atoms with van der Waals surface area (Å²) in [6.45, 7) is 6.57. The number of carboxylic acid groups (broad SMARTS) is 1. The van der Waals surface area contributed by atoms with E-state index in [1.54, 1.807) is 53.4 Å². The van der Waals surface area contributed by atoms with E-state index in [9.17, 15) is 14.4 Å². The fraction of sp³-hybridized carbons (Fsp3) is 0.318. The van der Waals surface area contributed by atoms with Gasteiger partial charge in [0, 0.05) is 24.2 Å². The van der Waals surface area contributed by atoms with Gasteiger partial charge in [-0.15, -0.1) is 0 Å². The number of amides is 2. The summed E-state index contributed by atoms with van der Waals surface area (Å²) in [5.41, 5.74) is 1.87. The fourth-order valence-corrected chi connectivity index (χ4v) is 2.82. The monoisotopic (exact) mass is 398 g/mol. The van der Waals surface area contributed by atoms with Crippen LogP contribution in [0.3, 0.4) is 0 Å². The highest BCUT2D eigenvalue weighted by Gasteiger charge is 2.15. The Balaban J connectivity index is 1.98. The maximum Gasteiger partial charge on any atom is 0.341 e. The molecule has 1 atom stereocenters. The summed E-state index contributed by atoms with van der Waals surface area (Å²) in [4.78, 5) is 37.1. The number of nitrogens with zero attached hydrogens (tertiary/aromatic N) is 1. The number of benzene rings is 2. The lowest BCUT2D eigenvalue weighted by atomic mass is 10.1. The van der Waals surface area contributed by atoms with Gasteiger partial charge in [0.2, 0.25) is 0 Å². The molecule has 7 heteroatoms. The maximum absolute atomic E-state index is 12.5.